The molecule has 130 valence electrons. The highest BCUT2D eigenvalue weighted by Gasteiger charge is 2.17. The van der Waals surface area contributed by atoms with E-state index in [1.54, 1.807) is 7.05 Å². The molecule has 1 aliphatic rings. The maximum Gasteiger partial charge on any atom is 0.321 e. The summed E-state index contributed by atoms with van der Waals surface area (Å²) < 4.78 is 1.34. The van der Waals surface area contributed by atoms with E-state index in [1.807, 2.05) is 25.1 Å². The van der Waals surface area contributed by atoms with Crippen LogP contribution in [0.1, 0.15) is 30.5 Å². The minimum absolute atomic E-state index is 0.0164. The monoisotopic (exact) mass is 341 g/mol. The number of urea groups is 1. The molecular formula is C17H19N5O3. The van der Waals surface area contributed by atoms with Crippen molar-refractivity contribution in [3.63, 3.8) is 0 Å². The van der Waals surface area contributed by atoms with E-state index in [9.17, 15) is 14.4 Å². The predicted octanol–water partition coefficient (Wildman–Crippen LogP) is 1.55. The third-order valence-electron chi connectivity index (χ3n) is 4.12. The fourth-order valence-corrected chi connectivity index (χ4v) is 2.68. The third-order valence-corrected chi connectivity index (χ3v) is 4.12. The number of aryl methyl sites for hydroxylation is 2. The van der Waals surface area contributed by atoms with E-state index in [1.165, 1.54) is 17.0 Å². The van der Waals surface area contributed by atoms with E-state index < -0.39 is 6.03 Å². The largest absolute Gasteiger partial charge is 0.331 e. The maximum absolute atomic E-state index is 12.1. The Morgan fingerprint density at radius 3 is 2.92 bits per heavy atom. The smallest absolute Gasteiger partial charge is 0.321 e. The molecule has 0 fully saturated rings. The van der Waals surface area contributed by atoms with Crippen LogP contribution in [0.15, 0.2) is 35.4 Å². The quantitative estimate of drug-likeness (QED) is 0.787. The topological polar surface area (TPSA) is 105 Å². The van der Waals surface area contributed by atoms with Gasteiger partial charge in [-0.15, -0.1) is 0 Å². The molecule has 3 rings (SSSR count). The van der Waals surface area contributed by atoms with Gasteiger partial charge in [-0.05, 0) is 30.5 Å². The zero-order valence-corrected chi connectivity index (χ0v) is 14.0. The average Bonchev–Trinajstić information content (AvgIpc) is 2.58. The SMILES string of the molecule is CC(NC(=O)Nc1nccn(C)c1=O)c1ccc2c(c1)CCC(=O)N2. The molecule has 8 nitrogen and oxygen atoms in total. The van der Waals surface area contributed by atoms with Crippen molar-refractivity contribution in [3.05, 3.63) is 52.1 Å². The van der Waals surface area contributed by atoms with Crippen LogP contribution in [-0.2, 0) is 18.3 Å². The van der Waals surface area contributed by atoms with Crippen molar-refractivity contribution in [2.75, 3.05) is 10.6 Å². The Morgan fingerprint density at radius 1 is 1.32 bits per heavy atom. The molecule has 1 atom stereocenters. The normalized spacial score (nSPS) is 14.2. The lowest BCUT2D eigenvalue weighted by atomic mass is 9.98. The van der Waals surface area contributed by atoms with Crippen molar-refractivity contribution in [1.82, 2.24) is 14.9 Å². The van der Waals surface area contributed by atoms with Gasteiger partial charge in [-0.1, -0.05) is 12.1 Å². The summed E-state index contributed by atoms with van der Waals surface area (Å²) in [5, 5.41) is 8.08. The number of fused-ring (bicyclic) bond motifs is 1. The minimum atomic E-state index is -0.505. The van der Waals surface area contributed by atoms with Crippen molar-refractivity contribution < 1.29 is 9.59 Å². The molecule has 0 saturated heterocycles. The van der Waals surface area contributed by atoms with Crippen molar-refractivity contribution in [2.24, 2.45) is 7.05 Å². The molecule has 1 aromatic heterocycles. The zero-order valence-electron chi connectivity index (χ0n) is 14.0. The lowest BCUT2D eigenvalue weighted by molar-refractivity contribution is -0.116. The Hall–Kier alpha value is -3.16. The van der Waals surface area contributed by atoms with E-state index in [4.69, 9.17) is 0 Å². The minimum Gasteiger partial charge on any atom is -0.331 e. The van der Waals surface area contributed by atoms with Gasteiger partial charge in [0, 0.05) is 31.5 Å². The van der Waals surface area contributed by atoms with Crippen LogP contribution in [0.5, 0.6) is 0 Å². The van der Waals surface area contributed by atoms with E-state index >= 15 is 0 Å². The molecule has 2 aromatic rings. The third kappa shape index (κ3) is 3.68. The molecule has 2 heterocycles. The highest BCUT2D eigenvalue weighted by molar-refractivity contribution is 5.94. The Balaban J connectivity index is 1.68. The second-order valence-electron chi connectivity index (χ2n) is 5.98. The number of benzene rings is 1. The molecule has 3 N–H and O–H groups in total. The highest BCUT2D eigenvalue weighted by Crippen LogP contribution is 2.26. The molecule has 25 heavy (non-hydrogen) atoms. The standard InChI is InChI=1S/C17H19N5O3/c1-10(11-3-5-13-12(9-11)4-6-14(23)20-13)19-17(25)21-15-16(24)22(2)8-7-18-15/h3,5,7-10H,4,6H2,1-2H3,(H,20,23)(H2,18,19,21,25). The predicted molar refractivity (Wildman–Crippen MR) is 93.4 cm³/mol. The van der Waals surface area contributed by atoms with Gasteiger partial charge in [-0.25, -0.2) is 9.78 Å². The molecule has 3 amide bonds. The molecular weight excluding hydrogens is 322 g/mol. The first-order valence-electron chi connectivity index (χ1n) is 7.96. The van der Waals surface area contributed by atoms with Crippen LogP contribution in [0.3, 0.4) is 0 Å². The van der Waals surface area contributed by atoms with Gasteiger partial charge < -0.3 is 15.2 Å². The summed E-state index contributed by atoms with van der Waals surface area (Å²) in [5.74, 6) is -0.00871. The van der Waals surface area contributed by atoms with Gasteiger partial charge in [0.1, 0.15) is 0 Å². The number of carbonyl (C=O) groups is 2. The fraction of sp³-hybridized carbons (Fsp3) is 0.294. The Labute approximate surface area is 144 Å². The average molecular weight is 341 g/mol. The summed E-state index contributed by atoms with van der Waals surface area (Å²) in [6.07, 6.45) is 4.10. The van der Waals surface area contributed by atoms with Gasteiger partial charge in [0.05, 0.1) is 6.04 Å². The van der Waals surface area contributed by atoms with Crippen LogP contribution in [0.4, 0.5) is 16.3 Å². The van der Waals surface area contributed by atoms with Crippen LogP contribution >= 0.6 is 0 Å². The van der Waals surface area contributed by atoms with Crippen molar-refractivity contribution in [2.45, 2.75) is 25.8 Å². The van der Waals surface area contributed by atoms with Crippen molar-refractivity contribution in [1.29, 1.82) is 0 Å². The molecule has 0 radical (unpaired) electrons. The zero-order chi connectivity index (χ0) is 18.0. The molecule has 0 spiro atoms. The van der Waals surface area contributed by atoms with Gasteiger partial charge >= 0.3 is 6.03 Å². The lowest BCUT2D eigenvalue weighted by Gasteiger charge is -2.20. The summed E-state index contributed by atoms with van der Waals surface area (Å²) in [6, 6.07) is 4.89. The first-order chi connectivity index (χ1) is 11.9. The van der Waals surface area contributed by atoms with Crippen molar-refractivity contribution in [3.8, 4) is 0 Å². The summed E-state index contributed by atoms with van der Waals surface area (Å²) in [5.41, 5.74) is 2.40. The summed E-state index contributed by atoms with van der Waals surface area (Å²) in [6.45, 7) is 1.85. The number of aromatic nitrogens is 2. The van der Waals surface area contributed by atoms with Gasteiger partial charge in [-0.2, -0.15) is 0 Å². The second kappa shape index (κ2) is 6.76. The number of anilines is 2. The molecule has 8 heteroatoms. The van der Waals surface area contributed by atoms with E-state index in [-0.39, 0.29) is 23.3 Å². The Bertz CT molecular complexity index is 890. The molecule has 1 aromatic carbocycles. The van der Waals surface area contributed by atoms with E-state index in [0.717, 1.165) is 16.8 Å². The van der Waals surface area contributed by atoms with Gasteiger partial charge in [0.15, 0.2) is 0 Å². The van der Waals surface area contributed by atoms with Crippen LogP contribution in [0.2, 0.25) is 0 Å². The Morgan fingerprint density at radius 2 is 2.12 bits per heavy atom. The first-order valence-corrected chi connectivity index (χ1v) is 7.96. The van der Waals surface area contributed by atoms with E-state index in [2.05, 4.69) is 20.9 Å². The van der Waals surface area contributed by atoms with Crippen LogP contribution in [-0.4, -0.2) is 21.5 Å². The molecule has 1 unspecified atom stereocenters. The number of rotatable bonds is 3. The lowest BCUT2D eigenvalue weighted by Crippen LogP contribution is -2.34. The number of carbonyl (C=O) groups excluding carboxylic acids is 2. The highest BCUT2D eigenvalue weighted by atomic mass is 16.2. The van der Waals surface area contributed by atoms with Gasteiger partial charge in [-0.3, -0.25) is 14.9 Å². The van der Waals surface area contributed by atoms with E-state index in [0.29, 0.717) is 12.8 Å². The van der Waals surface area contributed by atoms with Crippen LogP contribution in [0, 0.1) is 0 Å². The van der Waals surface area contributed by atoms with Crippen LogP contribution in [0.25, 0.3) is 0 Å². The van der Waals surface area contributed by atoms with Crippen LogP contribution < -0.4 is 21.5 Å². The number of nitrogens with one attached hydrogen (secondary N) is 3. The summed E-state index contributed by atoms with van der Waals surface area (Å²) in [4.78, 5) is 39.3. The number of nitrogens with zero attached hydrogens (tertiary/aromatic N) is 2. The van der Waals surface area contributed by atoms with Gasteiger partial charge in [0.25, 0.3) is 5.56 Å². The number of hydrogen-bond acceptors (Lipinski definition) is 4. The van der Waals surface area contributed by atoms with Gasteiger partial charge in [0.2, 0.25) is 11.7 Å². The second-order valence-corrected chi connectivity index (χ2v) is 5.98. The number of hydrogen-bond donors (Lipinski definition) is 3. The Kier molecular flexibility index (Phi) is 4.51. The summed E-state index contributed by atoms with van der Waals surface area (Å²) >= 11 is 0. The molecule has 0 saturated carbocycles. The first kappa shape index (κ1) is 16.7. The molecule has 0 aliphatic carbocycles. The fourth-order valence-electron chi connectivity index (χ4n) is 2.68. The molecule has 1 aliphatic heterocycles. The molecule has 0 bridgehead atoms. The van der Waals surface area contributed by atoms with Crippen molar-refractivity contribution >= 4 is 23.4 Å². The summed E-state index contributed by atoms with van der Waals surface area (Å²) in [7, 11) is 1.58. The number of amides is 3. The maximum atomic E-state index is 12.1.